The van der Waals surface area contributed by atoms with Crippen LogP contribution in [0, 0.1) is 11.3 Å². The maximum Gasteiger partial charge on any atom is 0.318 e. The van der Waals surface area contributed by atoms with Gasteiger partial charge in [-0.05, 0) is 11.3 Å². The number of allylic oxidation sites excluding steroid dienone is 1. The largest absolute Gasteiger partial charge is 0.338 e. The summed E-state index contributed by atoms with van der Waals surface area (Å²) in [5.74, 6) is 0.479. The Morgan fingerprint density at radius 2 is 1.93 bits per heavy atom. The smallest absolute Gasteiger partial charge is 0.318 e. The van der Waals surface area contributed by atoms with Gasteiger partial charge in [-0.1, -0.05) is 40.7 Å². The molecular formula is C11H22N2O. The van der Waals surface area contributed by atoms with Crippen LogP contribution in [-0.4, -0.2) is 12.6 Å². The molecule has 82 valence electrons. The van der Waals surface area contributed by atoms with E-state index < -0.39 is 0 Å². The summed E-state index contributed by atoms with van der Waals surface area (Å²) in [5.41, 5.74) is 0.103. The molecule has 14 heavy (non-hydrogen) atoms. The molecule has 0 aromatic heterocycles. The zero-order chi connectivity index (χ0) is 11.2. The van der Waals surface area contributed by atoms with Gasteiger partial charge in [0, 0.05) is 12.7 Å². The molecule has 0 saturated heterocycles. The van der Waals surface area contributed by atoms with Crippen LogP contribution in [0.5, 0.6) is 0 Å². The molecule has 0 radical (unpaired) electrons. The first-order valence-electron chi connectivity index (χ1n) is 5.03. The molecule has 0 heterocycles. The van der Waals surface area contributed by atoms with E-state index in [4.69, 9.17) is 0 Å². The van der Waals surface area contributed by atoms with Crippen LogP contribution in [0.25, 0.3) is 0 Å². The van der Waals surface area contributed by atoms with Crippen LogP contribution in [0.3, 0.4) is 0 Å². The lowest BCUT2D eigenvalue weighted by Crippen LogP contribution is -2.34. The molecule has 0 aliphatic rings. The highest BCUT2D eigenvalue weighted by atomic mass is 16.2. The van der Waals surface area contributed by atoms with Crippen molar-refractivity contribution in [3.63, 3.8) is 0 Å². The lowest BCUT2D eigenvalue weighted by molar-refractivity contribution is 0.243. The van der Waals surface area contributed by atoms with Crippen LogP contribution in [0.1, 0.15) is 34.6 Å². The first-order chi connectivity index (χ1) is 6.31. The Balaban J connectivity index is 3.70. The van der Waals surface area contributed by atoms with Gasteiger partial charge in [0.2, 0.25) is 0 Å². The van der Waals surface area contributed by atoms with E-state index >= 15 is 0 Å². The van der Waals surface area contributed by atoms with Gasteiger partial charge < -0.3 is 10.6 Å². The van der Waals surface area contributed by atoms with Gasteiger partial charge in [0.25, 0.3) is 0 Å². The molecule has 3 nitrogen and oxygen atoms in total. The van der Waals surface area contributed by atoms with Crippen molar-refractivity contribution in [2.75, 3.05) is 6.54 Å². The predicted molar refractivity (Wildman–Crippen MR) is 60.0 cm³/mol. The predicted octanol–water partition coefficient (Wildman–Crippen LogP) is 2.50. The second kappa shape index (κ2) is 5.68. The molecule has 0 fully saturated rings. The molecule has 0 atom stereocenters. The van der Waals surface area contributed by atoms with Gasteiger partial charge in [-0.3, -0.25) is 0 Å². The fourth-order valence-corrected chi connectivity index (χ4v) is 0.715. The van der Waals surface area contributed by atoms with Crippen LogP contribution in [0.2, 0.25) is 0 Å². The van der Waals surface area contributed by atoms with Gasteiger partial charge in [0.15, 0.2) is 0 Å². The summed E-state index contributed by atoms with van der Waals surface area (Å²) in [6.07, 6.45) is 3.65. The highest BCUT2D eigenvalue weighted by molar-refractivity contribution is 5.74. The Hall–Kier alpha value is -0.990. The van der Waals surface area contributed by atoms with E-state index in [0.29, 0.717) is 12.5 Å². The molecule has 0 unspecified atom stereocenters. The number of carbonyl (C=O) groups excluding carboxylic acids is 1. The summed E-state index contributed by atoms with van der Waals surface area (Å²) in [6, 6.07) is -0.140. The summed E-state index contributed by atoms with van der Waals surface area (Å²) in [7, 11) is 0. The Kier molecular flexibility index (Phi) is 5.28. The van der Waals surface area contributed by atoms with Gasteiger partial charge in [0.1, 0.15) is 0 Å². The molecule has 0 aromatic carbocycles. The Labute approximate surface area is 87.0 Å². The molecule has 0 aliphatic heterocycles. The van der Waals surface area contributed by atoms with E-state index in [9.17, 15) is 4.79 Å². The highest BCUT2D eigenvalue weighted by Crippen LogP contribution is 2.13. The van der Waals surface area contributed by atoms with E-state index in [0.717, 1.165) is 0 Å². The van der Waals surface area contributed by atoms with Crippen LogP contribution in [-0.2, 0) is 0 Å². The molecule has 0 bridgehead atoms. The van der Waals surface area contributed by atoms with Crippen molar-refractivity contribution in [2.45, 2.75) is 34.6 Å². The fraction of sp³-hybridized carbons (Fsp3) is 0.727. The standard InChI is InChI=1S/C11H22N2O/c1-9(2)8-13-10(14)12-7-6-11(3,4)5/h6-7,9H,8H2,1-5H3,(H2,12,13,14)/b7-6+. The minimum atomic E-state index is -0.140. The van der Waals surface area contributed by atoms with Gasteiger partial charge >= 0.3 is 6.03 Å². The van der Waals surface area contributed by atoms with Crippen molar-refractivity contribution in [2.24, 2.45) is 11.3 Å². The fourth-order valence-electron chi connectivity index (χ4n) is 0.715. The third kappa shape index (κ3) is 9.10. The number of hydrogen-bond acceptors (Lipinski definition) is 1. The summed E-state index contributed by atoms with van der Waals surface area (Å²) >= 11 is 0. The average molecular weight is 198 g/mol. The summed E-state index contributed by atoms with van der Waals surface area (Å²) in [6.45, 7) is 11.1. The number of urea groups is 1. The van der Waals surface area contributed by atoms with E-state index in [1.54, 1.807) is 6.20 Å². The average Bonchev–Trinajstić information content (AvgIpc) is 1.98. The van der Waals surface area contributed by atoms with Crippen molar-refractivity contribution in [1.29, 1.82) is 0 Å². The molecule has 0 saturated carbocycles. The SMILES string of the molecule is CC(C)CNC(=O)N/C=C/C(C)(C)C. The Morgan fingerprint density at radius 1 is 1.36 bits per heavy atom. The number of rotatable bonds is 3. The number of hydrogen-bond donors (Lipinski definition) is 2. The maximum absolute atomic E-state index is 11.2. The number of amides is 2. The van der Waals surface area contributed by atoms with Crippen molar-refractivity contribution in [3.8, 4) is 0 Å². The number of nitrogens with one attached hydrogen (secondary N) is 2. The monoisotopic (exact) mass is 198 g/mol. The minimum Gasteiger partial charge on any atom is -0.338 e. The van der Waals surface area contributed by atoms with Gasteiger partial charge in [-0.2, -0.15) is 0 Å². The third-order valence-corrected chi connectivity index (χ3v) is 1.47. The van der Waals surface area contributed by atoms with Crippen molar-refractivity contribution in [1.82, 2.24) is 10.6 Å². The van der Waals surface area contributed by atoms with E-state index in [1.807, 2.05) is 6.08 Å². The summed E-state index contributed by atoms with van der Waals surface area (Å²) in [5, 5.41) is 5.43. The zero-order valence-electron chi connectivity index (χ0n) is 9.85. The molecule has 2 N–H and O–H groups in total. The van der Waals surface area contributed by atoms with Crippen molar-refractivity contribution >= 4 is 6.03 Å². The molecule has 2 amide bonds. The van der Waals surface area contributed by atoms with E-state index in [2.05, 4.69) is 45.3 Å². The van der Waals surface area contributed by atoms with E-state index in [-0.39, 0.29) is 11.4 Å². The molecular weight excluding hydrogens is 176 g/mol. The summed E-state index contributed by atoms with van der Waals surface area (Å²) in [4.78, 5) is 11.2. The quantitative estimate of drug-likeness (QED) is 0.718. The molecule has 0 spiro atoms. The lowest BCUT2D eigenvalue weighted by atomic mass is 9.97. The molecule has 0 rings (SSSR count). The molecule has 0 aromatic rings. The highest BCUT2D eigenvalue weighted by Gasteiger charge is 2.04. The molecule has 3 heteroatoms. The summed E-state index contributed by atoms with van der Waals surface area (Å²) < 4.78 is 0. The zero-order valence-corrected chi connectivity index (χ0v) is 9.85. The topological polar surface area (TPSA) is 41.1 Å². The maximum atomic E-state index is 11.2. The van der Waals surface area contributed by atoms with E-state index in [1.165, 1.54) is 0 Å². The van der Waals surface area contributed by atoms with Crippen LogP contribution >= 0.6 is 0 Å². The van der Waals surface area contributed by atoms with Gasteiger partial charge in [-0.15, -0.1) is 0 Å². The first-order valence-corrected chi connectivity index (χ1v) is 5.03. The third-order valence-electron chi connectivity index (χ3n) is 1.47. The van der Waals surface area contributed by atoms with Crippen molar-refractivity contribution in [3.05, 3.63) is 12.3 Å². The minimum absolute atomic E-state index is 0.103. The first kappa shape index (κ1) is 13.0. The number of carbonyl (C=O) groups is 1. The Bertz CT molecular complexity index is 202. The van der Waals surface area contributed by atoms with Crippen LogP contribution in [0.15, 0.2) is 12.3 Å². The lowest BCUT2D eigenvalue weighted by Gasteiger charge is -2.11. The van der Waals surface area contributed by atoms with Crippen LogP contribution < -0.4 is 10.6 Å². The second-order valence-electron chi connectivity index (χ2n) is 4.95. The Morgan fingerprint density at radius 3 is 2.36 bits per heavy atom. The molecule has 0 aliphatic carbocycles. The van der Waals surface area contributed by atoms with Crippen LogP contribution in [0.4, 0.5) is 4.79 Å². The van der Waals surface area contributed by atoms with Gasteiger partial charge in [-0.25, -0.2) is 4.79 Å². The van der Waals surface area contributed by atoms with Gasteiger partial charge in [0.05, 0.1) is 0 Å². The second-order valence-corrected chi connectivity index (χ2v) is 4.95. The van der Waals surface area contributed by atoms with Crippen molar-refractivity contribution < 1.29 is 4.79 Å². The normalized spacial score (nSPS) is 12.1.